The van der Waals surface area contributed by atoms with Crippen LogP contribution in [0.3, 0.4) is 0 Å². The van der Waals surface area contributed by atoms with Crippen LogP contribution in [0.2, 0.25) is 0 Å². The van der Waals surface area contributed by atoms with Crippen molar-refractivity contribution in [1.29, 1.82) is 0 Å². The Morgan fingerprint density at radius 1 is 1.05 bits per heavy atom. The number of rotatable bonds is 1. The number of aliphatic carboxylic acids is 1. The molecule has 0 amide bonds. The summed E-state index contributed by atoms with van der Waals surface area (Å²) in [5.74, 6) is 2.71. The van der Waals surface area contributed by atoms with Crippen molar-refractivity contribution in [3.05, 3.63) is 51.6 Å². The van der Waals surface area contributed by atoms with E-state index in [1.807, 2.05) is 0 Å². The quantitative estimate of drug-likeness (QED) is 0.774. The molecule has 1 N–H and O–H groups in total. The minimum absolute atomic E-state index is 0.0136. The highest BCUT2D eigenvalue weighted by molar-refractivity contribution is 6.12. The van der Waals surface area contributed by atoms with Gasteiger partial charge in [-0.05, 0) is 22.8 Å². The van der Waals surface area contributed by atoms with E-state index in [2.05, 4.69) is 0 Å². The number of hydrogen-bond acceptors (Lipinski definition) is 4. The van der Waals surface area contributed by atoms with Gasteiger partial charge in [-0.25, -0.2) is 19.2 Å². The molecule has 0 saturated heterocycles. The van der Waals surface area contributed by atoms with E-state index in [4.69, 9.17) is 0 Å². The molecule has 0 aliphatic heterocycles. The third-order valence-electron chi connectivity index (χ3n) is 3.69. The number of benzene rings is 1. The second-order valence-corrected chi connectivity index (χ2v) is 4.61. The van der Waals surface area contributed by atoms with Crippen LogP contribution in [0.5, 0.6) is 0 Å². The Hall–Kier alpha value is -3.22. The van der Waals surface area contributed by atoms with Crippen LogP contribution in [0.1, 0.15) is 22.6 Å². The number of allylic oxidation sites excluding steroid dienone is 2. The van der Waals surface area contributed by atoms with Gasteiger partial charge in [-0.2, -0.15) is 0 Å². The van der Waals surface area contributed by atoms with Gasteiger partial charge >= 0.3 is 5.97 Å². The lowest BCUT2D eigenvalue weighted by Gasteiger charge is -2.20. The van der Waals surface area contributed by atoms with Crippen molar-refractivity contribution in [2.45, 2.75) is 5.92 Å². The van der Waals surface area contributed by atoms with Crippen LogP contribution >= 0.6 is 0 Å². The molecule has 0 radical (unpaired) electrons. The van der Waals surface area contributed by atoms with Crippen molar-refractivity contribution in [3.8, 4) is 0 Å². The van der Waals surface area contributed by atoms with E-state index in [-0.39, 0.29) is 22.3 Å². The Morgan fingerprint density at radius 3 is 2.33 bits per heavy atom. The van der Waals surface area contributed by atoms with Crippen molar-refractivity contribution in [2.75, 3.05) is 0 Å². The zero-order chi connectivity index (χ0) is 15.1. The maximum absolute atomic E-state index is 11.3. The average Bonchev–Trinajstić information content (AvgIpc) is 2.82. The first-order chi connectivity index (χ1) is 10.1. The van der Waals surface area contributed by atoms with Gasteiger partial charge in [0.25, 0.3) is 0 Å². The van der Waals surface area contributed by atoms with Crippen LogP contribution in [-0.4, -0.2) is 28.9 Å². The molecule has 2 aliphatic carbocycles. The predicted molar refractivity (Wildman–Crippen MR) is 72.3 cm³/mol. The highest BCUT2D eigenvalue weighted by Crippen LogP contribution is 2.52. The van der Waals surface area contributed by atoms with Crippen molar-refractivity contribution < 1.29 is 24.3 Å². The molecular weight excluding hydrogens is 272 g/mol. The van der Waals surface area contributed by atoms with Crippen LogP contribution in [0.25, 0.3) is 11.6 Å². The molecule has 5 nitrogen and oxygen atoms in total. The summed E-state index contributed by atoms with van der Waals surface area (Å²) < 4.78 is 0. The van der Waals surface area contributed by atoms with Gasteiger partial charge in [-0.15, -0.1) is 0 Å². The summed E-state index contributed by atoms with van der Waals surface area (Å²) in [7, 11) is 0. The summed E-state index contributed by atoms with van der Waals surface area (Å²) in [4.78, 5) is 44.9. The van der Waals surface area contributed by atoms with Gasteiger partial charge in [0.05, 0.1) is 28.2 Å². The molecule has 3 rings (SSSR count). The lowest BCUT2D eigenvalue weighted by molar-refractivity contribution is -0.132. The first-order valence-electron chi connectivity index (χ1n) is 5.98. The molecule has 0 spiro atoms. The summed E-state index contributed by atoms with van der Waals surface area (Å²) in [6, 6.07) is 4.92. The summed E-state index contributed by atoms with van der Waals surface area (Å²) in [6.07, 6.45) is 1.34. The fourth-order valence-electron chi connectivity index (χ4n) is 2.87. The van der Waals surface area contributed by atoms with Crippen LogP contribution in [-0.2, 0) is 19.2 Å². The lowest BCUT2D eigenvalue weighted by Crippen LogP contribution is -2.16. The van der Waals surface area contributed by atoms with E-state index in [1.54, 1.807) is 36.0 Å². The molecule has 1 unspecified atom stereocenters. The predicted octanol–water partition coefficient (Wildman–Crippen LogP) is 0.996. The molecule has 1 aromatic carbocycles. The van der Waals surface area contributed by atoms with E-state index in [1.165, 1.54) is 6.08 Å². The zero-order valence-corrected chi connectivity index (χ0v) is 10.5. The van der Waals surface area contributed by atoms with E-state index in [9.17, 15) is 24.3 Å². The van der Waals surface area contributed by atoms with E-state index < -0.39 is 11.9 Å². The van der Waals surface area contributed by atoms with Gasteiger partial charge < -0.3 is 5.11 Å². The van der Waals surface area contributed by atoms with Gasteiger partial charge in [-0.1, -0.05) is 18.2 Å². The van der Waals surface area contributed by atoms with E-state index in [0.29, 0.717) is 16.7 Å². The van der Waals surface area contributed by atoms with Crippen LogP contribution in [0.15, 0.2) is 34.9 Å². The summed E-state index contributed by atoms with van der Waals surface area (Å²) >= 11 is 0. The molecule has 0 bridgehead atoms. The van der Waals surface area contributed by atoms with Crippen molar-refractivity contribution >= 4 is 35.4 Å². The summed E-state index contributed by atoms with van der Waals surface area (Å²) in [6.45, 7) is 0. The fraction of sp³-hybridized carbons (Fsp3) is 0.0625. The van der Waals surface area contributed by atoms with Gasteiger partial charge in [-0.3, -0.25) is 0 Å². The molecule has 2 aliphatic rings. The lowest BCUT2D eigenvalue weighted by atomic mass is 9.79. The zero-order valence-electron chi connectivity index (χ0n) is 10.5. The van der Waals surface area contributed by atoms with Gasteiger partial charge in [0.1, 0.15) is 17.8 Å². The number of carboxylic acid groups (broad SMARTS) is 1. The summed E-state index contributed by atoms with van der Waals surface area (Å²) in [5, 5.41) is 9.22. The minimum Gasteiger partial charge on any atom is -0.478 e. The number of carbonyl (C=O) groups excluding carboxylic acids is 3. The Morgan fingerprint density at radius 2 is 1.76 bits per heavy atom. The van der Waals surface area contributed by atoms with Crippen LogP contribution < -0.4 is 0 Å². The normalized spacial score (nSPS) is 18.4. The van der Waals surface area contributed by atoms with Crippen molar-refractivity contribution in [2.24, 2.45) is 0 Å². The molecule has 21 heavy (non-hydrogen) atoms. The molecule has 0 saturated carbocycles. The highest BCUT2D eigenvalue weighted by atomic mass is 16.4. The topological polar surface area (TPSA) is 88.5 Å². The van der Waals surface area contributed by atoms with Crippen LogP contribution in [0, 0.1) is 0 Å². The number of carbonyl (C=O) groups is 1. The van der Waals surface area contributed by atoms with Gasteiger partial charge in [0.2, 0.25) is 0 Å². The standard InChI is InChI=1S/C16H6O5/c17-5-11-9-3-1-2-8-4-10(16(20)21)12(6-18)15(14(8)9)13(11)7-19/h1-4,15H,(H,20,21). The molecule has 1 atom stereocenters. The van der Waals surface area contributed by atoms with Crippen molar-refractivity contribution in [1.82, 2.24) is 0 Å². The Bertz CT molecular complexity index is 883. The first-order valence-corrected chi connectivity index (χ1v) is 5.98. The monoisotopic (exact) mass is 278 g/mol. The highest BCUT2D eigenvalue weighted by Gasteiger charge is 2.42. The third-order valence-corrected chi connectivity index (χ3v) is 3.69. The maximum atomic E-state index is 11.3. The fourth-order valence-corrected chi connectivity index (χ4v) is 2.87. The third kappa shape index (κ3) is 1.54. The Balaban J connectivity index is 2.48. The average molecular weight is 278 g/mol. The first kappa shape index (κ1) is 12.8. The Labute approximate surface area is 118 Å². The smallest absolute Gasteiger partial charge is 0.336 e. The van der Waals surface area contributed by atoms with Crippen LogP contribution in [0.4, 0.5) is 0 Å². The SMILES string of the molecule is O=C=C1C(=C=O)C2C(=C=O)C(C(=O)O)=Cc3cccc1c32. The number of hydrogen-bond donors (Lipinski definition) is 1. The molecule has 5 heteroatoms. The minimum atomic E-state index is -1.29. The molecular formula is C16H6O5. The van der Waals surface area contributed by atoms with Crippen molar-refractivity contribution in [3.63, 3.8) is 0 Å². The van der Waals surface area contributed by atoms with E-state index >= 15 is 0 Å². The second-order valence-electron chi connectivity index (χ2n) is 4.61. The van der Waals surface area contributed by atoms with Gasteiger partial charge in [0.15, 0.2) is 0 Å². The molecule has 100 valence electrons. The van der Waals surface area contributed by atoms with E-state index in [0.717, 1.165) is 0 Å². The maximum Gasteiger partial charge on any atom is 0.336 e. The molecule has 0 fully saturated rings. The molecule has 0 heterocycles. The second kappa shape index (κ2) is 4.41. The molecule has 0 aromatic heterocycles. The van der Waals surface area contributed by atoms with Gasteiger partial charge in [0, 0.05) is 0 Å². The molecule has 1 aromatic rings. The summed E-state index contributed by atoms with van der Waals surface area (Å²) in [5.41, 5.74) is 1.10. The number of carboxylic acids is 1. The largest absolute Gasteiger partial charge is 0.478 e. The Kier molecular flexibility index (Phi) is 2.69.